The fourth-order valence-electron chi connectivity index (χ4n) is 1.30. The van der Waals surface area contributed by atoms with Crippen molar-refractivity contribution in [2.75, 3.05) is 5.32 Å². The third-order valence-electron chi connectivity index (χ3n) is 1.98. The highest BCUT2D eigenvalue weighted by molar-refractivity contribution is 6.51. The van der Waals surface area contributed by atoms with E-state index in [-0.39, 0.29) is 11.3 Å². The Labute approximate surface area is 81.8 Å². The number of nitro groups is 1. The molecule has 1 aromatic carbocycles. The maximum absolute atomic E-state index is 13.2. The normalized spacial score (nSPS) is 13.7. The summed E-state index contributed by atoms with van der Waals surface area (Å²) in [5.74, 6) is -2.93. The number of hydrogen-bond donors (Lipinski definition) is 1. The number of non-ortho nitro benzene ring substituents is 1. The third-order valence-corrected chi connectivity index (χ3v) is 1.98. The molecule has 0 aliphatic carbocycles. The van der Waals surface area contributed by atoms with Crippen molar-refractivity contribution in [3.05, 3.63) is 33.6 Å². The summed E-state index contributed by atoms with van der Waals surface area (Å²) in [4.78, 5) is 31.5. The molecule has 0 radical (unpaired) electrons. The molecule has 0 saturated heterocycles. The minimum absolute atomic E-state index is 0.296. The topological polar surface area (TPSA) is 89.3 Å². The number of ketones is 1. The lowest BCUT2D eigenvalue weighted by atomic mass is 10.1. The highest BCUT2D eigenvalue weighted by Gasteiger charge is 2.32. The fourth-order valence-corrected chi connectivity index (χ4v) is 1.30. The van der Waals surface area contributed by atoms with Gasteiger partial charge < -0.3 is 5.32 Å². The van der Waals surface area contributed by atoms with Crippen molar-refractivity contribution in [3.63, 3.8) is 0 Å². The number of nitro benzene ring substituents is 1. The molecule has 0 unspecified atom stereocenters. The Morgan fingerprint density at radius 3 is 2.60 bits per heavy atom. The predicted octanol–water partition coefficient (Wildman–Crippen LogP) is 0.869. The molecule has 0 fully saturated rings. The lowest BCUT2D eigenvalue weighted by Crippen LogP contribution is -2.12. The Balaban J connectivity index is 2.67. The van der Waals surface area contributed by atoms with Gasteiger partial charge in [-0.2, -0.15) is 0 Å². The zero-order valence-electron chi connectivity index (χ0n) is 7.11. The zero-order valence-corrected chi connectivity index (χ0v) is 7.11. The van der Waals surface area contributed by atoms with Crippen molar-refractivity contribution in [2.45, 2.75) is 0 Å². The standard InChI is InChI=1S/C8H3FN2O4/c9-5-2-3(11(14)15)1-4-6(5)10-8(13)7(4)12/h1-2H,(H,10,12,13). The Bertz CT molecular complexity index is 512. The molecule has 1 N–H and O–H groups in total. The lowest BCUT2D eigenvalue weighted by Gasteiger charge is -1.98. The first-order chi connectivity index (χ1) is 7.00. The van der Waals surface area contributed by atoms with Gasteiger partial charge in [-0.15, -0.1) is 0 Å². The number of nitrogens with one attached hydrogen (secondary N) is 1. The summed E-state index contributed by atoms with van der Waals surface area (Å²) in [5, 5.41) is 12.4. The molecule has 7 heteroatoms. The van der Waals surface area contributed by atoms with Crippen LogP contribution in [0.5, 0.6) is 0 Å². The van der Waals surface area contributed by atoms with Crippen LogP contribution in [-0.2, 0) is 4.79 Å². The van der Waals surface area contributed by atoms with E-state index in [1.807, 2.05) is 5.32 Å². The molecule has 6 nitrogen and oxygen atoms in total. The maximum atomic E-state index is 13.2. The quantitative estimate of drug-likeness (QED) is 0.423. The number of amides is 1. The van der Waals surface area contributed by atoms with E-state index in [9.17, 15) is 24.1 Å². The molecule has 15 heavy (non-hydrogen) atoms. The van der Waals surface area contributed by atoms with Crippen molar-refractivity contribution in [3.8, 4) is 0 Å². The van der Waals surface area contributed by atoms with Gasteiger partial charge in [0.15, 0.2) is 5.82 Å². The lowest BCUT2D eigenvalue weighted by molar-refractivity contribution is -0.385. The van der Waals surface area contributed by atoms with Crippen molar-refractivity contribution in [1.29, 1.82) is 0 Å². The molecule has 1 heterocycles. The van der Waals surface area contributed by atoms with Gasteiger partial charge in [-0.25, -0.2) is 4.39 Å². The predicted molar refractivity (Wildman–Crippen MR) is 46.0 cm³/mol. The first-order valence-electron chi connectivity index (χ1n) is 3.84. The Hall–Kier alpha value is -2.31. The minimum atomic E-state index is -0.988. The van der Waals surface area contributed by atoms with Crippen LogP contribution in [-0.4, -0.2) is 16.6 Å². The van der Waals surface area contributed by atoms with E-state index in [1.165, 1.54) is 0 Å². The van der Waals surface area contributed by atoms with Gasteiger partial charge >= 0.3 is 0 Å². The summed E-state index contributed by atoms with van der Waals surface area (Å²) in [6.07, 6.45) is 0. The average Bonchev–Trinajstić information content (AvgIpc) is 2.45. The molecule has 0 spiro atoms. The van der Waals surface area contributed by atoms with Gasteiger partial charge in [0.05, 0.1) is 22.2 Å². The van der Waals surface area contributed by atoms with Crippen LogP contribution < -0.4 is 5.32 Å². The first kappa shape index (κ1) is 9.25. The second-order valence-electron chi connectivity index (χ2n) is 2.89. The molecule has 0 saturated carbocycles. The summed E-state index contributed by atoms with van der Waals surface area (Å²) in [7, 11) is 0. The largest absolute Gasteiger partial charge is 0.316 e. The Morgan fingerprint density at radius 2 is 2.00 bits per heavy atom. The van der Waals surface area contributed by atoms with Gasteiger partial charge in [-0.05, 0) is 0 Å². The summed E-state index contributed by atoms with van der Waals surface area (Å²) in [6, 6.07) is 1.52. The van der Waals surface area contributed by atoms with E-state index in [1.54, 1.807) is 0 Å². The van der Waals surface area contributed by atoms with Gasteiger partial charge in [-0.3, -0.25) is 19.7 Å². The number of benzene rings is 1. The molecule has 1 aliphatic heterocycles. The number of halogens is 1. The van der Waals surface area contributed by atoms with Crippen LogP contribution in [0.4, 0.5) is 15.8 Å². The summed E-state index contributed by atoms with van der Waals surface area (Å²) in [5.41, 5.74) is -1.15. The molecule has 0 bridgehead atoms. The van der Waals surface area contributed by atoms with Crippen molar-refractivity contribution in [1.82, 2.24) is 0 Å². The molecule has 1 aromatic rings. The van der Waals surface area contributed by atoms with Gasteiger partial charge in [0.25, 0.3) is 17.4 Å². The molecule has 0 aromatic heterocycles. The molecule has 0 atom stereocenters. The number of fused-ring (bicyclic) bond motifs is 1. The monoisotopic (exact) mass is 210 g/mol. The van der Waals surface area contributed by atoms with Crippen molar-refractivity contribution in [2.24, 2.45) is 0 Å². The van der Waals surface area contributed by atoms with Crippen LogP contribution in [0.15, 0.2) is 12.1 Å². The molecule has 76 valence electrons. The summed E-state index contributed by atoms with van der Waals surface area (Å²) >= 11 is 0. The van der Waals surface area contributed by atoms with Crippen LogP contribution in [0, 0.1) is 15.9 Å². The van der Waals surface area contributed by atoms with E-state index >= 15 is 0 Å². The number of rotatable bonds is 1. The van der Waals surface area contributed by atoms with Crippen LogP contribution in [0.1, 0.15) is 10.4 Å². The second kappa shape index (κ2) is 2.84. The molecule has 1 amide bonds. The number of carbonyl (C=O) groups excluding carboxylic acids is 2. The van der Waals surface area contributed by atoms with Gasteiger partial charge in [0.1, 0.15) is 0 Å². The maximum Gasteiger partial charge on any atom is 0.296 e. The number of Topliss-reactive ketones (excluding diaryl/α,β-unsaturated/α-hetero) is 1. The van der Waals surface area contributed by atoms with Crippen LogP contribution in [0.25, 0.3) is 0 Å². The molecule has 2 rings (SSSR count). The highest BCUT2D eigenvalue weighted by Crippen LogP contribution is 2.30. The summed E-state index contributed by atoms with van der Waals surface area (Å²) in [6.45, 7) is 0. The van der Waals surface area contributed by atoms with Crippen LogP contribution >= 0.6 is 0 Å². The SMILES string of the molecule is O=C1Nc2c(F)cc([N+](=O)[O-])cc2C1=O. The Kier molecular flexibility index (Phi) is 1.75. The fraction of sp³-hybridized carbons (Fsp3) is 0. The van der Waals surface area contributed by atoms with Gasteiger partial charge in [-0.1, -0.05) is 0 Å². The van der Waals surface area contributed by atoms with Crippen LogP contribution in [0.2, 0.25) is 0 Å². The third kappa shape index (κ3) is 1.25. The number of hydrogen-bond acceptors (Lipinski definition) is 4. The minimum Gasteiger partial charge on any atom is -0.316 e. The molecular formula is C8H3FN2O4. The number of carbonyl (C=O) groups is 2. The average molecular weight is 210 g/mol. The number of nitrogens with zero attached hydrogens (tertiary/aromatic N) is 1. The smallest absolute Gasteiger partial charge is 0.296 e. The zero-order chi connectivity index (χ0) is 11.2. The Morgan fingerprint density at radius 1 is 1.33 bits per heavy atom. The van der Waals surface area contributed by atoms with Crippen molar-refractivity contribution < 1.29 is 18.9 Å². The first-order valence-corrected chi connectivity index (χ1v) is 3.84. The van der Waals surface area contributed by atoms with E-state index in [4.69, 9.17) is 0 Å². The second-order valence-corrected chi connectivity index (χ2v) is 2.89. The summed E-state index contributed by atoms with van der Waals surface area (Å²) < 4.78 is 13.2. The molecule has 1 aliphatic rings. The van der Waals surface area contributed by atoms with E-state index in [0.717, 1.165) is 6.07 Å². The van der Waals surface area contributed by atoms with Gasteiger partial charge in [0, 0.05) is 6.07 Å². The number of anilines is 1. The van der Waals surface area contributed by atoms with Crippen LogP contribution in [0.3, 0.4) is 0 Å². The highest BCUT2D eigenvalue weighted by atomic mass is 19.1. The van der Waals surface area contributed by atoms with E-state index in [2.05, 4.69) is 0 Å². The van der Waals surface area contributed by atoms with Crippen molar-refractivity contribution >= 4 is 23.1 Å². The van der Waals surface area contributed by atoms with E-state index < -0.39 is 28.1 Å². The van der Waals surface area contributed by atoms with Gasteiger partial charge in [0.2, 0.25) is 0 Å². The molecular weight excluding hydrogens is 207 g/mol. The van der Waals surface area contributed by atoms with E-state index in [0.29, 0.717) is 6.07 Å².